The van der Waals surface area contributed by atoms with Gasteiger partial charge in [0.2, 0.25) is 5.91 Å². The molecule has 0 atom stereocenters. The van der Waals surface area contributed by atoms with Gasteiger partial charge in [0.15, 0.2) is 0 Å². The molecule has 0 aliphatic rings. The molecule has 13 heteroatoms. The summed E-state index contributed by atoms with van der Waals surface area (Å²) < 4.78 is 22.9. The van der Waals surface area contributed by atoms with Crippen LogP contribution in [0, 0.1) is 0 Å². The van der Waals surface area contributed by atoms with Crippen LogP contribution in [0.4, 0.5) is 26.0 Å². The predicted octanol–water partition coefficient (Wildman–Crippen LogP) is 8.78. The average Bonchev–Trinajstić information content (AvgIpc) is 3.01. The van der Waals surface area contributed by atoms with Gasteiger partial charge in [0.05, 0.1) is 17.8 Å². The fourth-order valence-electron chi connectivity index (χ4n) is 4.89. The highest BCUT2D eigenvalue weighted by molar-refractivity contribution is 6.08. The SMILES string of the molecule is CC(=O)Nc1ccc2ccc(COc3cccc(CN(Cc4cccc(N(C(=O)OC(C)(C)C)C(=O)OC(C)(C)C)n4)C(=O)OC(C)(C)C)c3)cc2n1. The van der Waals surface area contributed by atoms with Gasteiger partial charge in [-0.15, -0.1) is 0 Å². The van der Waals surface area contributed by atoms with Gasteiger partial charge < -0.3 is 24.3 Å². The quantitative estimate of drug-likeness (QED) is 0.166. The maximum atomic E-state index is 13.6. The molecule has 0 bridgehead atoms. The third-order valence-corrected chi connectivity index (χ3v) is 6.92. The molecule has 0 radical (unpaired) electrons. The second kappa shape index (κ2) is 16.3. The number of imide groups is 1. The van der Waals surface area contributed by atoms with E-state index in [0.29, 0.717) is 17.3 Å². The first-order chi connectivity index (χ1) is 24.6. The highest BCUT2D eigenvalue weighted by Gasteiger charge is 2.34. The number of ether oxygens (including phenoxy) is 4. The number of benzene rings is 2. The van der Waals surface area contributed by atoms with Crippen LogP contribution in [0.5, 0.6) is 5.75 Å². The summed E-state index contributed by atoms with van der Waals surface area (Å²) in [7, 11) is 0. The molecule has 1 N–H and O–H groups in total. The molecule has 282 valence electrons. The monoisotopic (exact) mass is 727 g/mol. The van der Waals surface area contributed by atoms with Gasteiger partial charge in [0.1, 0.15) is 40.8 Å². The van der Waals surface area contributed by atoms with Crippen LogP contribution in [0.25, 0.3) is 10.9 Å². The summed E-state index contributed by atoms with van der Waals surface area (Å²) >= 11 is 0. The average molecular weight is 728 g/mol. The number of amides is 4. The molecule has 0 saturated carbocycles. The molecular weight excluding hydrogens is 678 g/mol. The molecule has 13 nitrogen and oxygen atoms in total. The van der Waals surface area contributed by atoms with Crippen molar-refractivity contribution in [3.8, 4) is 5.75 Å². The maximum Gasteiger partial charge on any atom is 0.425 e. The molecule has 0 saturated heterocycles. The number of carbonyl (C=O) groups excluding carboxylic acids is 4. The lowest BCUT2D eigenvalue weighted by atomic mass is 10.1. The van der Waals surface area contributed by atoms with E-state index in [-0.39, 0.29) is 31.4 Å². The number of hydrogen-bond donors (Lipinski definition) is 1. The summed E-state index contributed by atoms with van der Waals surface area (Å²) in [6.07, 6.45) is -2.49. The van der Waals surface area contributed by atoms with Crippen LogP contribution in [0.1, 0.15) is 86.1 Å². The number of nitrogens with one attached hydrogen (secondary N) is 1. The Labute approximate surface area is 310 Å². The summed E-state index contributed by atoms with van der Waals surface area (Å²) in [6, 6.07) is 21.6. The number of fused-ring (bicyclic) bond motifs is 1. The Morgan fingerprint density at radius 2 is 1.26 bits per heavy atom. The van der Waals surface area contributed by atoms with Crippen molar-refractivity contribution in [2.24, 2.45) is 0 Å². The third-order valence-electron chi connectivity index (χ3n) is 6.92. The predicted molar refractivity (Wildman–Crippen MR) is 201 cm³/mol. The van der Waals surface area contributed by atoms with Crippen molar-refractivity contribution in [1.82, 2.24) is 14.9 Å². The number of rotatable bonds is 9. The second-order valence-corrected chi connectivity index (χ2v) is 15.5. The Morgan fingerprint density at radius 3 is 1.89 bits per heavy atom. The van der Waals surface area contributed by atoms with E-state index >= 15 is 0 Å². The molecule has 4 amide bonds. The molecule has 2 heterocycles. The van der Waals surface area contributed by atoms with E-state index in [9.17, 15) is 19.2 Å². The van der Waals surface area contributed by atoms with Crippen molar-refractivity contribution in [1.29, 1.82) is 0 Å². The zero-order chi connectivity index (χ0) is 39.1. The molecule has 0 spiro atoms. The van der Waals surface area contributed by atoms with Crippen molar-refractivity contribution < 1.29 is 38.1 Å². The van der Waals surface area contributed by atoms with Gasteiger partial charge >= 0.3 is 18.3 Å². The van der Waals surface area contributed by atoms with E-state index in [4.69, 9.17) is 18.9 Å². The molecule has 53 heavy (non-hydrogen) atoms. The smallest absolute Gasteiger partial charge is 0.425 e. The first kappa shape index (κ1) is 40.1. The third kappa shape index (κ3) is 12.8. The summed E-state index contributed by atoms with van der Waals surface area (Å²) in [4.78, 5) is 62.9. The minimum Gasteiger partial charge on any atom is -0.489 e. The molecule has 0 aliphatic carbocycles. The molecule has 4 rings (SSSR count). The highest BCUT2D eigenvalue weighted by Crippen LogP contribution is 2.24. The molecule has 0 unspecified atom stereocenters. The normalized spacial score (nSPS) is 11.7. The number of pyridine rings is 2. The molecule has 4 aromatic rings. The van der Waals surface area contributed by atoms with Crippen LogP contribution in [-0.4, -0.2) is 55.9 Å². The minimum absolute atomic E-state index is 0.0190. The molecule has 2 aromatic carbocycles. The first-order valence-electron chi connectivity index (χ1n) is 17.2. The van der Waals surface area contributed by atoms with Gasteiger partial charge in [-0.3, -0.25) is 9.69 Å². The number of nitrogens with zero attached hydrogens (tertiary/aromatic N) is 4. The lowest BCUT2D eigenvalue weighted by Gasteiger charge is -2.29. The van der Waals surface area contributed by atoms with Crippen molar-refractivity contribution in [3.63, 3.8) is 0 Å². The Bertz CT molecular complexity index is 1930. The van der Waals surface area contributed by atoms with Crippen LogP contribution in [0.3, 0.4) is 0 Å². The van der Waals surface area contributed by atoms with E-state index in [1.807, 2.05) is 48.5 Å². The summed E-state index contributed by atoms with van der Waals surface area (Å²) in [5, 5.41) is 3.63. The largest absolute Gasteiger partial charge is 0.489 e. The first-order valence-corrected chi connectivity index (χ1v) is 17.2. The lowest BCUT2D eigenvalue weighted by molar-refractivity contribution is -0.114. The van der Waals surface area contributed by atoms with Gasteiger partial charge in [-0.05, 0) is 116 Å². The molecule has 2 aromatic heterocycles. The van der Waals surface area contributed by atoms with E-state index in [1.165, 1.54) is 17.9 Å². The Balaban J connectivity index is 1.56. The van der Waals surface area contributed by atoms with E-state index in [1.54, 1.807) is 80.5 Å². The minimum atomic E-state index is -0.952. The summed E-state index contributed by atoms with van der Waals surface area (Å²) in [6.45, 7) is 17.3. The topological polar surface area (TPSA) is 149 Å². The standard InChI is InChI=1S/C40H49N5O8/c1-26(46)41-33-20-19-29-18-17-28(22-32(29)43-33)25-50-31-15-11-13-27(21-31)23-44(35(47)51-38(2,3)4)24-30-14-12-16-34(42-30)45(36(48)52-39(5,6)7)37(49)53-40(8,9)10/h11-22H,23-25H2,1-10H3,(H,41,43,46). The van der Waals surface area contributed by atoms with Crippen molar-refractivity contribution >= 4 is 46.7 Å². The molecular formula is C40H49N5O8. The molecule has 0 aliphatic heterocycles. The van der Waals surface area contributed by atoms with Crippen molar-refractivity contribution in [3.05, 3.63) is 89.6 Å². The number of aromatic nitrogens is 2. The van der Waals surface area contributed by atoms with Crippen LogP contribution < -0.4 is 15.0 Å². The zero-order valence-electron chi connectivity index (χ0n) is 32.1. The van der Waals surface area contributed by atoms with Crippen molar-refractivity contribution in [2.45, 2.75) is 106 Å². The fraction of sp³-hybridized carbons (Fsp3) is 0.400. The lowest BCUT2D eigenvalue weighted by Crippen LogP contribution is -2.44. The molecule has 0 fully saturated rings. The maximum absolute atomic E-state index is 13.6. The Morgan fingerprint density at radius 1 is 0.660 bits per heavy atom. The van der Waals surface area contributed by atoms with Gasteiger partial charge in [-0.2, -0.15) is 4.90 Å². The van der Waals surface area contributed by atoms with Crippen LogP contribution in [0.15, 0.2) is 72.8 Å². The summed E-state index contributed by atoms with van der Waals surface area (Å²) in [5.41, 5.74) is 0.161. The van der Waals surface area contributed by atoms with Crippen molar-refractivity contribution in [2.75, 3.05) is 10.2 Å². The second-order valence-electron chi connectivity index (χ2n) is 15.5. The number of hydrogen-bond acceptors (Lipinski definition) is 10. The van der Waals surface area contributed by atoms with Crippen LogP contribution in [0.2, 0.25) is 0 Å². The van der Waals surface area contributed by atoms with Crippen LogP contribution >= 0.6 is 0 Å². The van der Waals surface area contributed by atoms with Gasteiger partial charge in [-0.25, -0.2) is 24.4 Å². The number of carbonyl (C=O) groups is 4. The Hall–Kier alpha value is -5.72. The number of anilines is 2. The fourth-order valence-corrected chi connectivity index (χ4v) is 4.89. The van der Waals surface area contributed by atoms with Gasteiger partial charge in [-0.1, -0.05) is 30.3 Å². The summed E-state index contributed by atoms with van der Waals surface area (Å²) in [5.74, 6) is 0.822. The van der Waals surface area contributed by atoms with E-state index in [0.717, 1.165) is 26.9 Å². The Kier molecular flexibility index (Phi) is 12.3. The van der Waals surface area contributed by atoms with Gasteiger partial charge in [0, 0.05) is 18.9 Å². The zero-order valence-corrected chi connectivity index (χ0v) is 32.1. The van der Waals surface area contributed by atoms with E-state index < -0.39 is 35.1 Å². The highest BCUT2D eigenvalue weighted by atomic mass is 16.6. The van der Waals surface area contributed by atoms with Crippen LogP contribution in [-0.2, 0) is 38.7 Å². The van der Waals surface area contributed by atoms with E-state index in [2.05, 4.69) is 15.3 Å². The van der Waals surface area contributed by atoms with Gasteiger partial charge in [0.25, 0.3) is 0 Å².